The van der Waals surface area contributed by atoms with E-state index in [1.807, 2.05) is 0 Å². The standard InChI is InChI=1S/C25H24F3N3O2S/c1-16(2)6-5-11-30-23(32)22(34-24(30)33)13-17-9-10-21-19(12-17)14-29-31(21)15-18-7-3-4-8-20(18)25(26,27)28/h3-4,7-10,12-14,16H,5-6,11,15H2,1-2H3/b22-13-. The molecule has 0 bridgehead atoms. The van der Waals surface area contributed by atoms with Crippen molar-refractivity contribution >= 4 is 39.9 Å². The lowest BCUT2D eigenvalue weighted by molar-refractivity contribution is -0.138. The van der Waals surface area contributed by atoms with E-state index in [1.165, 1.54) is 21.7 Å². The monoisotopic (exact) mass is 487 g/mol. The first-order valence-corrected chi connectivity index (χ1v) is 11.8. The molecule has 0 N–H and O–H groups in total. The fourth-order valence-corrected chi connectivity index (χ4v) is 4.78. The average Bonchev–Trinajstić information content (AvgIpc) is 3.28. The summed E-state index contributed by atoms with van der Waals surface area (Å²) in [6.07, 6.45) is 0.522. The Labute approximate surface area is 199 Å². The molecule has 3 aromatic rings. The molecule has 0 radical (unpaired) electrons. The normalized spacial score (nSPS) is 15.9. The third-order valence-electron chi connectivity index (χ3n) is 5.64. The third kappa shape index (κ3) is 5.19. The summed E-state index contributed by atoms with van der Waals surface area (Å²) in [5, 5.41) is 4.73. The molecule has 4 rings (SSSR count). The predicted octanol–water partition coefficient (Wildman–Crippen LogP) is 6.58. The Balaban J connectivity index is 1.54. The Bertz CT molecular complexity index is 1260. The van der Waals surface area contributed by atoms with Crippen LogP contribution in [-0.2, 0) is 17.5 Å². The maximum atomic E-state index is 13.3. The highest BCUT2D eigenvalue weighted by Crippen LogP contribution is 2.34. The highest BCUT2D eigenvalue weighted by molar-refractivity contribution is 8.18. The molecule has 1 aliphatic rings. The van der Waals surface area contributed by atoms with E-state index >= 15 is 0 Å². The van der Waals surface area contributed by atoms with Crippen molar-refractivity contribution in [2.45, 2.75) is 39.4 Å². The summed E-state index contributed by atoms with van der Waals surface area (Å²) in [5.41, 5.74) is 0.848. The highest BCUT2D eigenvalue weighted by atomic mass is 32.2. The van der Waals surface area contributed by atoms with Crippen LogP contribution in [0, 0.1) is 5.92 Å². The number of carbonyl (C=O) groups excluding carboxylic acids is 2. The summed E-state index contributed by atoms with van der Waals surface area (Å²) in [5.74, 6) is 0.211. The maximum Gasteiger partial charge on any atom is 0.416 e. The van der Waals surface area contributed by atoms with Gasteiger partial charge in [0.2, 0.25) is 0 Å². The molecule has 1 saturated heterocycles. The van der Waals surface area contributed by atoms with E-state index in [9.17, 15) is 22.8 Å². The van der Waals surface area contributed by atoms with Crippen LogP contribution in [0.1, 0.15) is 43.4 Å². The second-order valence-electron chi connectivity index (χ2n) is 8.64. The van der Waals surface area contributed by atoms with Gasteiger partial charge < -0.3 is 0 Å². The fraction of sp³-hybridized carbons (Fsp3) is 0.320. The second-order valence-corrected chi connectivity index (χ2v) is 9.64. The van der Waals surface area contributed by atoms with Crippen molar-refractivity contribution in [3.63, 3.8) is 0 Å². The number of nitrogens with zero attached hydrogens (tertiary/aromatic N) is 3. The van der Waals surface area contributed by atoms with Gasteiger partial charge in [0, 0.05) is 11.9 Å². The predicted molar refractivity (Wildman–Crippen MR) is 127 cm³/mol. The van der Waals surface area contributed by atoms with Crippen LogP contribution >= 0.6 is 11.8 Å². The van der Waals surface area contributed by atoms with E-state index in [4.69, 9.17) is 0 Å². The van der Waals surface area contributed by atoms with Crippen molar-refractivity contribution in [3.05, 3.63) is 70.3 Å². The number of hydrogen-bond donors (Lipinski definition) is 0. The second kappa shape index (κ2) is 9.66. The number of benzene rings is 2. The van der Waals surface area contributed by atoms with Crippen molar-refractivity contribution in [1.29, 1.82) is 0 Å². The molecular formula is C25H24F3N3O2S. The molecule has 0 unspecified atom stereocenters. The summed E-state index contributed by atoms with van der Waals surface area (Å²) in [6.45, 7) is 4.58. The van der Waals surface area contributed by atoms with Gasteiger partial charge in [-0.3, -0.25) is 19.2 Å². The Hall–Kier alpha value is -3.07. The molecule has 0 saturated carbocycles. The summed E-state index contributed by atoms with van der Waals surface area (Å²) in [6, 6.07) is 10.8. The number of amides is 2. The van der Waals surface area contributed by atoms with Crippen LogP contribution in [0.15, 0.2) is 53.6 Å². The van der Waals surface area contributed by atoms with Gasteiger partial charge in [0.25, 0.3) is 11.1 Å². The summed E-state index contributed by atoms with van der Waals surface area (Å²) < 4.78 is 41.5. The van der Waals surface area contributed by atoms with Gasteiger partial charge in [-0.2, -0.15) is 18.3 Å². The van der Waals surface area contributed by atoms with Crippen LogP contribution in [0.4, 0.5) is 18.0 Å². The third-order valence-corrected chi connectivity index (χ3v) is 6.55. The number of rotatable bonds is 7. The Morgan fingerprint density at radius 3 is 2.62 bits per heavy atom. The van der Waals surface area contributed by atoms with Gasteiger partial charge in [0.1, 0.15) is 0 Å². The summed E-state index contributed by atoms with van der Waals surface area (Å²) >= 11 is 0.923. The zero-order valence-corrected chi connectivity index (χ0v) is 19.6. The van der Waals surface area contributed by atoms with Gasteiger partial charge >= 0.3 is 6.18 Å². The molecule has 1 aliphatic heterocycles. The number of hydrogen-bond acceptors (Lipinski definition) is 4. The first-order chi connectivity index (χ1) is 16.1. The van der Waals surface area contributed by atoms with Crippen molar-refractivity contribution in [2.75, 3.05) is 6.54 Å². The molecule has 9 heteroatoms. The molecule has 178 valence electrons. The van der Waals surface area contributed by atoms with E-state index in [-0.39, 0.29) is 23.3 Å². The Morgan fingerprint density at radius 1 is 1.12 bits per heavy atom. The molecule has 0 spiro atoms. The van der Waals surface area contributed by atoms with Gasteiger partial charge in [0.15, 0.2) is 0 Å². The van der Waals surface area contributed by atoms with Crippen LogP contribution in [-0.4, -0.2) is 32.4 Å². The lowest BCUT2D eigenvalue weighted by atomic mass is 10.1. The number of fused-ring (bicyclic) bond motifs is 1. The first-order valence-electron chi connectivity index (χ1n) is 11.0. The van der Waals surface area contributed by atoms with E-state index in [1.54, 1.807) is 36.5 Å². The Kier molecular flexibility index (Phi) is 6.84. The lowest BCUT2D eigenvalue weighted by Gasteiger charge is -2.13. The van der Waals surface area contributed by atoms with Gasteiger partial charge in [-0.15, -0.1) is 0 Å². The molecule has 2 aromatic carbocycles. The van der Waals surface area contributed by atoms with Crippen LogP contribution in [0.25, 0.3) is 17.0 Å². The first kappa shape index (κ1) is 24.1. The summed E-state index contributed by atoms with van der Waals surface area (Å²) in [4.78, 5) is 26.6. The van der Waals surface area contributed by atoms with Crippen molar-refractivity contribution in [2.24, 2.45) is 5.92 Å². The molecule has 1 aromatic heterocycles. The number of alkyl halides is 3. The molecular weight excluding hydrogens is 463 g/mol. The number of thioether (sulfide) groups is 1. The molecule has 0 atom stereocenters. The fourth-order valence-electron chi connectivity index (χ4n) is 3.92. The molecule has 0 aliphatic carbocycles. The van der Waals surface area contributed by atoms with Gasteiger partial charge in [-0.1, -0.05) is 38.1 Å². The van der Waals surface area contributed by atoms with Gasteiger partial charge in [-0.25, -0.2) is 0 Å². The van der Waals surface area contributed by atoms with E-state index in [0.29, 0.717) is 22.9 Å². The zero-order chi connectivity index (χ0) is 24.5. The molecule has 1 fully saturated rings. The SMILES string of the molecule is CC(C)CCCN1C(=O)S/C(=C\c2ccc3c(cnn3Cc3ccccc3C(F)(F)F)c2)C1=O. The molecule has 5 nitrogen and oxygen atoms in total. The number of carbonyl (C=O) groups is 2. The quantitative estimate of drug-likeness (QED) is 0.354. The largest absolute Gasteiger partial charge is 0.416 e. The number of halogens is 3. The number of imide groups is 1. The van der Waals surface area contributed by atoms with Crippen molar-refractivity contribution < 1.29 is 22.8 Å². The van der Waals surface area contributed by atoms with Crippen LogP contribution in [0.3, 0.4) is 0 Å². The minimum absolute atomic E-state index is 0.0200. The van der Waals surface area contributed by atoms with Crippen molar-refractivity contribution in [1.82, 2.24) is 14.7 Å². The van der Waals surface area contributed by atoms with Crippen LogP contribution < -0.4 is 0 Å². The van der Waals surface area contributed by atoms with Crippen LogP contribution in [0.5, 0.6) is 0 Å². The minimum atomic E-state index is -4.44. The molecule has 34 heavy (non-hydrogen) atoms. The highest BCUT2D eigenvalue weighted by Gasteiger charge is 2.35. The minimum Gasteiger partial charge on any atom is -0.268 e. The molecule has 2 amide bonds. The Morgan fingerprint density at radius 2 is 1.88 bits per heavy atom. The van der Waals surface area contributed by atoms with E-state index in [0.717, 1.165) is 41.6 Å². The van der Waals surface area contributed by atoms with Gasteiger partial charge in [0.05, 0.1) is 28.7 Å². The lowest BCUT2D eigenvalue weighted by Crippen LogP contribution is -2.29. The molecule has 2 heterocycles. The zero-order valence-electron chi connectivity index (χ0n) is 18.8. The number of aromatic nitrogens is 2. The van der Waals surface area contributed by atoms with E-state index < -0.39 is 11.7 Å². The van der Waals surface area contributed by atoms with E-state index in [2.05, 4.69) is 18.9 Å². The van der Waals surface area contributed by atoms with Gasteiger partial charge in [-0.05, 0) is 65.9 Å². The maximum absolute atomic E-state index is 13.3. The van der Waals surface area contributed by atoms with Crippen molar-refractivity contribution in [3.8, 4) is 0 Å². The smallest absolute Gasteiger partial charge is 0.268 e. The average molecular weight is 488 g/mol. The summed E-state index contributed by atoms with van der Waals surface area (Å²) in [7, 11) is 0. The van der Waals surface area contributed by atoms with Crippen LogP contribution in [0.2, 0.25) is 0 Å². The topological polar surface area (TPSA) is 55.2 Å².